The van der Waals surface area contributed by atoms with Gasteiger partial charge in [-0.15, -0.1) is 24.8 Å². The number of carbonyl (C=O) groups is 3. The second kappa shape index (κ2) is 16.0. The Morgan fingerprint density at radius 3 is 2.49 bits per heavy atom. The number of alkyl halides is 2. The van der Waals surface area contributed by atoms with Crippen LogP contribution in [0.15, 0.2) is 24.3 Å². The van der Waals surface area contributed by atoms with Crippen LogP contribution in [-0.2, 0) is 19.1 Å². The van der Waals surface area contributed by atoms with E-state index in [2.05, 4.69) is 20.9 Å². The predicted molar refractivity (Wildman–Crippen MR) is 170 cm³/mol. The number of benzene rings is 1. The molecule has 6 atom stereocenters. The van der Waals surface area contributed by atoms with Crippen LogP contribution in [0.25, 0.3) is 0 Å². The molecule has 1 aromatic carbocycles. The van der Waals surface area contributed by atoms with Crippen molar-refractivity contribution >= 4 is 42.5 Å². The van der Waals surface area contributed by atoms with Crippen LogP contribution < -0.4 is 20.7 Å². The topological polar surface area (TPSA) is 112 Å². The maximum Gasteiger partial charge on any atom is 0.248 e. The Morgan fingerprint density at radius 1 is 1.09 bits per heavy atom. The zero-order valence-corrected chi connectivity index (χ0v) is 27.8. The van der Waals surface area contributed by atoms with Crippen LogP contribution in [0.1, 0.15) is 64.0 Å². The Balaban J connectivity index is 0.00000276. The molecule has 3 heterocycles. The first-order valence-corrected chi connectivity index (χ1v) is 15.6. The minimum absolute atomic E-state index is 0. The monoisotopic (exact) mass is 677 g/mol. The van der Waals surface area contributed by atoms with Gasteiger partial charge in [0.2, 0.25) is 23.6 Å². The summed E-state index contributed by atoms with van der Waals surface area (Å²) in [5.41, 5.74) is 0.889. The van der Waals surface area contributed by atoms with Gasteiger partial charge in [0, 0.05) is 57.1 Å². The Bertz CT molecular complexity index is 1170. The minimum Gasteiger partial charge on any atom is -0.493 e. The summed E-state index contributed by atoms with van der Waals surface area (Å²) < 4.78 is 39.9. The molecular weight excluding hydrogens is 631 g/mol. The molecule has 14 heteroatoms. The first-order chi connectivity index (χ1) is 20.6. The van der Waals surface area contributed by atoms with E-state index in [0.717, 1.165) is 17.7 Å². The van der Waals surface area contributed by atoms with Crippen molar-refractivity contribution in [2.75, 3.05) is 39.9 Å². The zero-order chi connectivity index (χ0) is 30.7. The highest BCUT2D eigenvalue weighted by atomic mass is 35.5. The number of piperazine rings is 1. The number of amides is 3. The quantitative estimate of drug-likeness (QED) is 0.368. The summed E-state index contributed by atoms with van der Waals surface area (Å²) in [5.74, 6) is -3.56. The highest BCUT2D eigenvalue weighted by molar-refractivity contribution is 5.93. The van der Waals surface area contributed by atoms with Crippen LogP contribution >= 0.6 is 24.8 Å². The Morgan fingerprint density at radius 2 is 1.80 bits per heavy atom. The van der Waals surface area contributed by atoms with Gasteiger partial charge in [-0.2, -0.15) is 0 Å². The average molecular weight is 679 g/mol. The summed E-state index contributed by atoms with van der Waals surface area (Å²) in [7, 11) is 1.64. The van der Waals surface area contributed by atoms with Crippen molar-refractivity contribution in [1.29, 1.82) is 0 Å². The summed E-state index contributed by atoms with van der Waals surface area (Å²) in [6.07, 6.45) is 0.883. The third-order valence-corrected chi connectivity index (χ3v) is 9.57. The number of rotatable bonds is 9. The van der Waals surface area contributed by atoms with Crippen molar-refractivity contribution in [2.24, 2.45) is 5.92 Å². The molecule has 0 spiro atoms. The van der Waals surface area contributed by atoms with Crippen molar-refractivity contribution in [2.45, 2.75) is 94.6 Å². The molecule has 2 saturated heterocycles. The maximum absolute atomic E-state index is 14.5. The van der Waals surface area contributed by atoms with Crippen LogP contribution in [0.2, 0.25) is 0 Å². The van der Waals surface area contributed by atoms with E-state index in [-0.39, 0.29) is 86.4 Å². The summed E-state index contributed by atoms with van der Waals surface area (Å²) in [6.45, 7) is 5.95. The number of nitrogens with zero attached hydrogens (tertiary/aromatic N) is 2. The third kappa shape index (κ3) is 8.57. The molecule has 1 aliphatic carbocycles. The lowest BCUT2D eigenvalue weighted by Crippen LogP contribution is -2.66. The first kappa shape index (κ1) is 37.2. The number of nitrogens with one attached hydrogen (secondary N) is 3. The van der Waals surface area contributed by atoms with Crippen molar-refractivity contribution in [3.8, 4) is 5.75 Å². The van der Waals surface area contributed by atoms with Crippen molar-refractivity contribution in [1.82, 2.24) is 25.8 Å². The molecule has 2 unspecified atom stereocenters. The molecule has 254 valence electrons. The van der Waals surface area contributed by atoms with Gasteiger partial charge in [0.05, 0.1) is 24.8 Å². The second-order valence-corrected chi connectivity index (χ2v) is 12.4. The van der Waals surface area contributed by atoms with E-state index in [4.69, 9.17) is 9.47 Å². The summed E-state index contributed by atoms with van der Waals surface area (Å²) >= 11 is 0. The molecule has 0 bridgehead atoms. The predicted octanol–water partition coefficient (Wildman–Crippen LogP) is 3.08. The van der Waals surface area contributed by atoms with Crippen molar-refractivity contribution in [3.05, 3.63) is 29.8 Å². The van der Waals surface area contributed by atoms with Gasteiger partial charge in [-0.25, -0.2) is 8.78 Å². The number of likely N-dealkylation sites (N-methyl/N-ethyl adjacent to an activating group) is 1. The molecule has 3 aliphatic heterocycles. The van der Waals surface area contributed by atoms with Crippen molar-refractivity contribution in [3.63, 3.8) is 0 Å². The van der Waals surface area contributed by atoms with Crippen LogP contribution in [0, 0.1) is 5.92 Å². The molecule has 3 fully saturated rings. The van der Waals surface area contributed by atoms with Crippen LogP contribution in [-0.4, -0.2) is 104 Å². The van der Waals surface area contributed by atoms with E-state index >= 15 is 0 Å². The zero-order valence-electron chi connectivity index (χ0n) is 26.1. The molecule has 1 saturated carbocycles. The van der Waals surface area contributed by atoms with Crippen molar-refractivity contribution < 1.29 is 32.6 Å². The largest absolute Gasteiger partial charge is 0.493 e. The molecule has 4 aliphatic rings. The summed E-state index contributed by atoms with van der Waals surface area (Å²) in [6, 6.07) is 4.92. The first-order valence-electron chi connectivity index (χ1n) is 15.6. The van der Waals surface area contributed by atoms with E-state index in [1.54, 1.807) is 18.9 Å². The fourth-order valence-corrected chi connectivity index (χ4v) is 6.98. The van der Waals surface area contributed by atoms with E-state index in [9.17, 15) is 23.2 Å². The molecular formula is C31H47Cl2F2N5O5. The van der Waals surface area contributed by atoms with Gasteiger partial charge in [-0.3, -0.25) is 19.3 Å². The van der Waals surface area contributed by atoms with Gasteiger partial charge >= 0.3 is 0 Å². The number of fused-ring (bicyclic) bond motifs is 2. The van der Waals surface area contributed by atoms with Gasteiger partial charge in [0.15, 0.2) is 0 Å². The molecule has 0 radical (unpaired) electrons. The van der Waals surface area contributed by atoms with Gasteiger partial charge < -0.3 is 30.3 Å². The normalized spacial score (nSPS) is 27.4. The Labute approximate surface area is 276 Å². The van der Waals surface area contributed by atoms with Crippen LogP contribution in [0.3, 0.4) is 0 Å². The number of para-hydroxylation sites is 1. The number of hydrogen-bond donors (Lipinski definition) is 3. The molecule has 5 rings (SSSR count). The minimum atomic E-state index is -2.78. The highest BCUT2D eigenvalue weighted by Gasteiger charge is 2.48. The van der Waals surface area contributed by atoms with E-state index < -0.39 is 30.0 Å². The smallest absolute Gasteiger partial charge is 0.248 e. The molecule has 3 N–H and O–H groups in total. The second-order valence-electron chi connectivity index (χ2n) is 12.4. The van der Waals surface area contributed by atoms with E-state index in [1.807, 2.05) is 31.2 Å². The lowest BCUT2D eigenvalue weighted by Gasteiger charge is -2.45. The maximum atomic E-state index is 14.5. The van der Waals surface area contributed by atoms with Gasteiger partial charge in [0.25, 0.3) is 0 Å². The SMILES string of the molecule is CCOC1C[C@@H]2CN(C(=O)[C@@H](NC(=O)[C@H](C)NC)C3CCC(F)(F)CC3)C(C(=O)N[C@@H]3CCOc4ccccc43)CN2C1.Cl.Cl. The fraction of sp³-hybridized carbons (Fsp3) is 0.710. The molecule has 1 aromatic rings. The number of hydrogen-bond acceptors (Lipinski definition) is 7. The molecule has 10 nitrogen and oxygen atoms in total. The average Bonchev–Trinajstić information content (AvgIpc) is 3.40. The van der Waals surface area contributed by atoms with E-state index in [0.29, 0.717) is 39.3 Å². The van der Waals surface area contributed by atoms with Crippen LogP contribution in [0.4, 0.5) is 8.78 Å². The molecule has 45 heavy (non-hydrogen) atoms. The Hall–Kier alpha value is -2.25. The summed E-state index contributed by atoms with van der Waals surface area (Å²) in [4.78, 5) is 45.3. The Kier molecular flexibility index (Phi) is 13.3. The standard InChI is InChI=1S/C31H45F2N5O5.2ClH/c1-4-42-22-15-21-16-38(30(41)27(36-28(39)19(2)34-3)20-9-12-31(32,33)13-10-20)25(18-37(21)17-22)29(40)35-24-11-14-43-26-8-6-5-7-23(24)26;;/h5-8,19-22,24-25,27,34H,4,9-18H2,1-3H3,(H,35,40)(H,36,39);2*1H/t19-,21+,22?,24+,25?,27-;;/m0../s1. The third-order valence-electron chi connectivity index (χ3n) is 9.57. The lowest BCUT2D eigenvalue weighted by molar-refractivity contribution is -0.150. The van der Waals surface area contributed by atoms with Gasteiger partial charge in [-0.1, -0.05) is 18.2 Å². The van der Waals surface area contributed by atoms with Gasteiger partial charge in [0.1, 0.15) is 17.8 Å². The number of carbonyl (C=O) groups excluding carboxylic acids is 3. The molecule has 3 amide bonds. The lowest BCUT2D eigenvalue weighted by atomic mass is 9.81. The van der Waals surface area contributed by atoms with E-state index in [1.165, 1.54) is 0 Å². The number of ether oxygens (including phenoxy) is 2. The molecule has 0 aromatic heterocycles. The fourth-order valence-electron chi connectivity index (χ4n) is 6.98. The van der Waals surface area contributed by atoms with Gasteiger partial charge in [-0.05, 0) is 52.1 Å². The summed E-state index contributed by atoms with van der Waals surface area (Å²) in [5, 5.41) is 8.94. The number of halogens is 4. The highest BCUT2D eigenvalue weighted by Crippen LogP contribution is 2.39. The van der Waals surface area contributed by atoms with Crippen LogP contribution in [0.5, 0.6) is 5.75 Å².